The van der Waals surface area contributed by atoms with Gasteiger partial charge in [-0.15, -0.1) is 0 Å². The molecule has 4 fully saturated rings. The number of ether oxygens (including phenoxy) is 4. The normalized spacial score (nSPS) is 27.6. The van der Waals surface area contributed by atoms with Gasteiger partial charge in [0.25, 0.3) is 0 Å². The highest BCUT2D eigenvalue weighted by molar-refractivity contribution is 5.98. The molecule has 0 amide bonds. The van der Waals surface area contributed by atoms with Gasteiger partial charge in [-0.3, -0.25) is 19.2 Å². The van der Waals surface area contributed by atoms with Gasteiger partial charge in [0.1, 0.15) is 29.5 Å². The predicted octanol–water partition coefficient (Wildman–Crippen LogP) is 11.6. The molecule has 4 aliphatic rings. The summed E-state index contributed by atoms with van der Waals surface area (Å²) in [7, 11) is 0. The SMILES string of the molecule is CC(C)C1CCC(C(=O)OC2CCC(C(=O)Oc3ccc(OC(=O)C4CCC(OC(=O)C5CCC(C(C)C)CC5)CC4)c4cc(-c5ccc(F)cc5)ccc34)CC2)CC1. The minimum absolute atomic E-state index is 0.0256. The smallest absolute Gasteiger partial charge is 0.314 e. The lowest BCUT2D eigenvalue weighted by Gasteiger charge is -2.32. The number of halogens is 1. The molecular formula is C50H63FO8. The van der Waals surface area contributed by atoms with Gasteiger partial charge in [-0.25, -0.2) is 4.39 Å². The summed E-state index contributed by atoms with van der Waals surface area (Å²) in [5.74, 6) is 1.42. The Labute approximate surface area is 349 Å². The molecular weight excluding hydrogens is 748 g/mol. The fourth-order valence-electron chi connectivity index (χ4n) is 10.1. The molecule has 4 aliphatic carbocycles. The summed E-state index contributed by atoms with van der Waals surface area (Å²) in [6.07, 6.45) is 12.2. The average molecular weight is 811 g/mol. The van der Waals surface area contributed by atoms with Crippen LogP contribution in [0.25, 0.3) is 21.9 Å². The van der Waals surface area contributed by atoms with Crippen molar-refractivity contribution < 1.29 is 42.5 Å². The molecule has 0 N–H and O–H groups in total. The maximum atomic E-state index is 13.8. The van der Waals surface area contributed by atoms with Crippen LogP contribution < -0.4 is 9.47 Å². The molecule has 3 aromatic carbocycles. The third-order valence-electron chi connectivity index (χ3n) is 14.2. The Morgan fingerprint density at radius 1 is 0.458 bits per heavy atom. The number of carbonyl (C=O) groups is 4. The van der Waals surface area contributed by atoms with Crippen LogP contribution in [0, 0.1) is 53.2 Å². The average Bonchev–Trinajstić information content (AvgIpc) is 3.25. The van der Waals surface area contributed by atoms with Crippen LogP contribution in [0.15, 0.2) is 54.6 Å². The van der Waals surface area contributed by atoms with Crippen molar-refractivity contribution in [2.75, 3.05) is 0 Å². The van der Waals surface area contributed by atoms with Crippen LogP contribution in [0.4, 0.5) is 4.39 Å². The molecule has 0 bridgehead atoms. The Balaban J connectivity index is 0.966. The number of carbonyl (C=O) groups excluding carboxylic acids is 4. The van der Waals surface area contributed by atoms with Gasteiger partial charge in [-0.2, -0.15) is 0 Å². The van der Waals surface area contributed by atoms with E-state index in [0.717, 1.165) is 62.5 Å². The minimum Gasteiger partial charge on any atom is -0.462 e. The van der Waals surface area contributed by atoms with Crippen molar-refractivity contribution in [3.8, 4) is 22.6 Å². The molecule has 3 aromatic rings. The zero-order valence-electron chi connectivity index (χ0n) is 35.4. The topological polar surface area (TPSA) is 105 Å². The molecule has 7 rings (SSSR count). The van der Waals surface area contributed by atoms with Crippen molar-refractivity contribution in [1.82, 2.24) is 0 Å². The molecule has 59 heavy (non-hydrogen) atoms. The first-order valence-electron chi connectivity index (χ1n) is 22.6. The second kappa shape index (κ2) is 19.4. The van der Waals surface area contributed by atoms with Gasteiger partial charge in [0.2, 0.25) is 0 Å². The molecule has 0 radical (unpaired) electrons. The minimum atomic E-state index is -0.347. The first-order chi connectivity index (χ1) is 28.4. The molecule has 0 aliphatic heterocycles. The van der Waals surface area contributed by atoms with Gasteiger partial charge in [0.05, 0.1) is 23.7 Å². The quantitative estimate of drug-likeness (QED) is 0.139. The highest BCUT2D eigenvalue weighted by Gasteiger charge is 2.36. The van der Waals surface area contributed by atoms with E-state index in [4.69, 9.17) is 18.9 Å². The molecule has 0 saturated heterocycles. The Hall–Kier alpha value is -4.27. The lowest BCUT2D eigenvalue weighted by atomic mass is 9.77. The number of benzene rings is 3. The molecule has 0 aromatic heterocycles. The molecule has 8 nitrogen and oxygen atoms in total. The third kappa shape index (κ3) is 10.7. The second-order valence-corrected chi connectivity index (χ2v) is 18.7. The fraction of sp³-hybridized carbons (Fsp3) is 0.600. The lowest BCUT2D eigenvalue weighted by molar-refractivity contribution is -0.159. The van der Waals surface area contributed by atoms with Crippen molar-refractivity contribution in [2.45, 2.75) is 143 Å². The van der Waals surface area contributed by atoms with E-state index >= 15 is 0 Å². The second-order valence-electron chi connectivity index (χ2n) is 18.7. The fourth-order valence-corrected chi connectivity index (χ4v) is 10.1. The van der Waals surface area contributed by atoms with Crippen LogP contribution in [0.1, 0.15) is 130 Å². The Morgan fingerprint density at radius 3 is 1.25 bits per heavy atom. The zero-order valence-corrected chi connectivity index (χ0v) is 35.4. The molecule has 0 unspecified atom stereocenters. The maximum Gasteiger partial charge on any atom is 0.314 e. The summed E-state index contributed by atoms with van der Waals surface area (Å²) in [5.41, 5.74) is 1.58. The van der Waals surface area contributed by atoms with Crippen LogP contribution in [0.3, 0.4) is 0 Å². The van der Waals surface area contributed by atoms with Gasteiger partial charge in [0, 0.05) is 10.8 Å². The summed E-state index contributed by atoms with van der Waals surface area (Å²) >= 11 is 0. The van der Waals surface area contributed by atoms with Crippen LogP contribution in [0.5, 0.6) is 11.5 Å². The van der Waals surface area contributed by atoms with Crippen LogP contribution in [-0.2, 0) is 28.7 Å². The first kappa shape index (κ1) is 42.8. The van der Waals surface area contributed by atoms with Gasteiger partial charge >= 0.3 is 23.9 Å². The van der Waals surface area contributed by atoms with E-state index in [9.17, 15) is 23.6 Å². The lowest BCUT2D eigenvalue weighted by Crippen LogP contribution is -2.33. The molecule has 0 heterocycles. The summed E-state index contributed by atoms with van der Waals surface area (Å²) < 4.78 is 37.9. The molecule has 4 saturated carbocycles. The Bertz CT molecular complexity index is 1920. The number of rotatable bonds is 11. The number of fused-ring (bicyclic) bond motifs is 1. The zero-order chi connectivity index (χ0) is 41.6. The van der Waals surface area contributed by atoms with E-state index in [-0.39, 0.29) is 65.6 Å². The van der Waals surface area contributed by atoms with E-state index in [2.05, 4.69) is 27.7 Å². The van der Waals surface area contributed by atoms with Gasteiger partial charge in [0.15, 0.2) is 0 Å². The standard InChI is InChI=1S/C50H63FO8/c1-30(2)32-5-9-35(10-6-32)47(52)56-41-22-15-37(16-23-41)49(54)58-45-27-28-46(44-29-39(19-26-43(44)45)34-13-20-40(51)21-14-34)59-50(55)38-17-24-42(25-18-38)57-48(53)36-11-7-33(8-12-36)31(3)4/h13-14,19-21,26-33,35-38,41-42H,5-12,15-18,22-25H2,1-4H3. The molecule has 0 spiro atoms. The van der Waals surface area contributed by atoms with Gasteiger partial charge in [-0.05, 0) is 174 Å². The largest absolute Gasteiger partial charge is 0.462 e. The van der Waals surface area contributed by atoms with Gasteiger partial charge < -0.3 is 18.9 Å². The summed E-state index contributed by atoms with van der Waals surface area (Å²) in [6, 6.07) is 15.1. The van der Waals surface area contributed by atoms with E-state index in [1.165, 1.54) is 12.1 Å². The summed E-state index contributed by atoms with van der Waals surface area (Å²) in [4.78, 5) is 53.2. The van der Waals surface area contributed by atoms with Crippen molar-refractivity contribution >= 4 is 34.6 Å². The molecule has 9 heteroatoms. The maximum absolute atomic E-state index is 13.8. The van der Waals surface area contributed by atoms with Crippen molar-refractivity contribution in [3.63, 3.8) is 0 Å². The summed E-state index contributed by atoms with van der Waals surface area (Å²) in [6.45, 7) is 9.01. The van der Waals surface area contributed by atoms with E-state index in [0.29, 0.717) is 97.3 Å². The third-order valence-corrected chi connectivity index (χ3v) is 14.2. The van der Waals surface area contributed by atoms with Crippen molar-refractivity contribution in [2.24, 2.45) is 47.3 Å². The van der Waals surface area contributed by atoms with Gasteiger partial charge in [-0.1, -0.05) is 45.9 Å². The monoisotopic (exact) mass is 810 g/mol. The summed E-state index contributed by atoms with van der Waals surface area (Å²) in [5, 5.41) is 1.21. The highest BCUT2D eigenvalue weighted by Crippen LogP contribution is 2.40. The number of esters is 4. The Morgan fingerprint density at radius 2 is 0.831 bits per heavy atom. The first-order valence-corrected chi connectivity index (χ1v) is 22.6. The molecule has 318 valence electrons. The van der Waals surface area contributed by atoms with E-state index in [1.54, 1.807) is 24.3 Å². The van der Waals surface area contributed by atoms with Crippen molar-refractivity contribution in [3.05, 3.63) is 60.4 Å². The Kier molecular flexibility index (Phi) is 14.1. The van der Waals surface area contributed by atoms with E-state index < -0.39 is 0 Å². The van der Waals surface area contributed by atoms with Crippen LogP contribution in [-0.4, -0.2) is 36.1 Å². The van der Waals surface area contributed by atoms with E-state index in [1.807, 2.05) is 18.2 Å². The van der Waals surface area contributed by atoms with Crippen molar-refractivity contribution in [1.29, 1.82) is 0 Å². The highest BCUT2D eigenvalue weighted by atomic mass is 19.1. The predicted molar refractivity (Wildman–Crippen MR) is 225 cm³/mol. The molecule has 0 atom stereocenters. The number of hydrogen-bond acceptors (Lipinski definition) is 8. The van der Waals surface area contributed by atoms with Crippen LogP contribution >= 0.6 is 0 Å². The van der Waals surface area contributed by atoms with Crippen LogP contribution in [0.2, 0.25) is 0 Å². The number of hydrogen-bond donors (Lipinski definition) is 0.